The SMILES string of the molecule is Cc1ccc(C2(C(=O)N3CCC[C@H](N)C3)CCOCC2)cc1. The Bertz CT molecular complexity index is 520. The summed E-state index contributed by atoms with van der Waals surface area (Å²) in [5, 5.41) is 0. The molecule has 0 aromatic heterocycles. The van der Waals surface area contributed by atoms with Gasteiger partial charge >= 0.3 is 0 Å². The van der Waals surface area contributed by atoms with E-state index in [4.69, 9.17) is 10.5 Å². The van der Waals surface area contributed by atoms with Crippen molar-refractivity contribution in [2.45, 2.75) is 44.1 Å². The molecule has 0 aliphatic carbocycles. The molecule has 2 heterocycles. The number of carbonyl (C=O) groups is 1. The Kier molecular flexibility index (Phi) is 4.50. The van der Waals surface area contributed by atoms with Crippen LogP contribution in [0.5, 0.6) is 0 Å². The number of hydrogen-bond acceptors (Lipinski definition) is 3. The number of likely N-dealkylation sites (tertiary alicyclic amines) is 1. The van der Waals surface area contributed by atoms with Crippen molar-refractivity contribution in [3.8, 4) is 0 Å². The molecule has 4 nitrogen and oxygen atoms in total. The van der Waals surface area contributed by atoms with Gasteiger partial charge in [0, 0.05) is 32.3 Å². The highest BCUT2D eigenvalue weighted by molar-refractivity contribution is 5.88. The van der Waals surface area contributed by atoms with Gasteiger partial charge in [0.05, 0.1) is 5.41 Å². The molecular formula is C18H26N2O2. The van der Waals surface area contributed by atoms with E-state index in [1.54, 1.807) is 0 Å². The van der Waals surface area contributed by atoms with Crippen molar-refractivity contribution in [2.24, 2.45) is 5.73 Å². The number of piperidine rings is 1. The molecule has 0 bridgehead atoms. The summed E-state index contributed by atoms with van der Waals surface area (Å²) < 4.78 is 5.53. The number of carbonyl (C=O) groups excluding carboxylic acids is 1. The molecule has 120 valence electrons. The van der Waals surface area contributed by atoms with Crippen LogP contribution in [0.1, 0.15) is 36.8 Å². The number of benzene rings is 1. The summed E-state index contributed by atoms with van der Waals surface area (Å²) in [6.45, 7) is 4.90. The van der Waals surface area contributed by atoms with Crippen molar-refractivity contribution in [3.63, 3.8) is 0 Å². The van der Waals surface area contributed by atoms with Crippen LogP contribution in [0.25, 0.3) is 0 Å². The molecule has 1 atom stereocenters. The second-order valence-corrected chi connectivity index (χ2v) is 6.71. The van der Waals surface area contributed by atoms with Crippen LogP contribution in [0.15, 0.2) is 24.3 Å². The van der Waals surface area contributed by atoms with Gasteiger partial charge in [0.15, 0.2) is 0 Å². The maximum absolute atomic E-state index is 13.3. The first-order valence-corrected chi connectivity index (χ1v) is 8.32. The first-order valence-electron chi connectivity index (χ1n) is 8.32. The number of amides is 1. The van der Waals surface area contributed by atoms with Crippen LogP contribution < -0.4 is 5.73 Å². The van der Waals surface area contributed by atoms with E-state index in [0.29, 0.717) is 19.8 Å². The Morgan fingerprint density at radius 3 is 2.59 bits per heavy atom. The zero-order chi connectivity index (χ0) is 15.6. The lowest BCUT2D eigenvalue weighted by Crippen LogP contribution is -2.54. The third-order valence-corrected chi connectivity index (χ3v) is 5.10. The Hall–Kier alpha value is -1.39. The molecule has 1 aromatic carbocycles. The molecule has 3 rings (SSSR count). The van der Waals surface area contributed by atoms with Crippen LogP contribution in [0, 0.1) is 6.92 Å². The first-order chi connectivity index (χ1) is 10.6. The van der Waals surface area contributed by atoms with Crippen molar-refractivity contribution in [3.05, 3.63) is 35.4 Å². The minimum Gasteiger partial charge on any atom is -0.381 e. The molecule has 2 saturated heterocycles. The van der Waals surface area contributed by atoms with Gasteiger partial charge in [0.2, 0.25) is 5.91 Å². The second-order valence-electron chi connectivity index (χ2n) is 6.71. The summed E-state index contributed by atoms with van der Waals surface area (Å²) in [7, 11) is 0. The van der Waals surface area contributed by atoms with E-state index < -0.39 is 5.41 Å². The fourth-order valence-corrected chi connectivity index (χ4v) is 3.72. The molecule has 4 heteroatoms. The van der Waals surface area contributed by atoms with Gasteiger partial charge in [-0.3, -0.25) is 4.79 Å². The van der Waals surface area contributed by atoms with Crippen LogP contribution in [0.3, 0.4) is 0 Å². The Labute approximate surface area is 132 Å². The predicted octanol–water partition coefficient (Wildman–Crippen LogP) is 1.99. The van der Waals surface area contributed by atoms with Crippen LogP contribution in [0.2, 0.25) is 0 Å². The highest BCUT2D eigenvalue weighted by Crippen LogP contribution is 2.37. The number of rotatable bonds is 2. The molecule has 0 saturated carbocycles. The van der Waals surface area contributed by atoms with Crippen LogP contribution >= 0.6 is 0 Å². The Morgan fingerprint density at radius 2 is 1.95 bits per heavy atom. The summed E-state index contributed by atoms with van der Waals surface area (Å²) in [5.41, 5.74) is 8.00. The maximum Gasteiger partial charge on any atom is 0.233 e. The van der Waals surface area contributed by atoms with E-state index in [9.17, 15) is 4.79 Å². The number of hydrogen-bond donors (Lipinski definition) is 1. The van der Waals surface area contributed by atoms with Gasteiger partial charge in [-0.25, -0.2) is 0 Å². The molecule has 2 aliphatic rings. The standard InChI is InChI=1S/C18H26N2O2/c1-14-4-6-15(7-5-14)18(8-11-22-12-9-18)17(21)20-10-2-3-16(19)13-20/h4-7,16H,2-3,8-13,19H2,1H3/t16-/m0/s1. The van der Waals surface area contributed by atoms with E-state index in [0.717, 1.165) is 37.8 Å². The maximum atomic E-state index is 13.3. The number of nitrogens with two attached hydrogens (primary N) is 1. The summed E-state index contributed by atoms with van der Waals surface area (Å²) in [5.74, 6) is 0.245. The van der Waals surface area contributed by atoms with Crippen molar-refractivity contribution >= 4 is 5.91 Å². The molecule has 1 amide bonds. The summed E-state index contributed by atoms with van der Waals surface area (Å²) in [6, 6.07) is 8.54. The molecule has 0 spiro atoms. The molecule has 2 aliphatic heterocycles. The van der Waals surface area contributed by atoms with Gasteiger partial charge in [-0.2, -0.15) is 0 Å². The van der Waals surface area contributed by atoms with E-state index in [2.05, 4.69) is 31.2 Å². The van der Waals surface area contributed by atoms with E-state index in [1.807, 2.05) is 4.90 Å². The highest BCUT2D eigenvalue weighted by Gasteiger charge is 2.44. The van der Waals surface area contributed by atoms with Gasteiger partial charge in [0.1, 0.15) is 0 Å². The van der Waals surface area contributed by atoms with E-state index in [1.165, 1.54) is 5.56 Å². The molecule has 22 heavy (non-hydrogen) atoms. The van der Waals surface area contributed by atoms with Gasteiger partial charge < -0.3 is 15.4 Å². The lowest BCUT2D eigenvalue weighted by atomic mass is 9.72. The first kappa shape index (κ1) is 15.5. The number of ether oxygens (including phenoxy) is 1. The van der Waals surface area contributed by atoms with Gasteiger partial charge in [-0.15, -0.1) is 0 Å². The monoisotopic (exact) mass is 302 g/mol. The lowest BCUT2D eigenvalue weighted by molar-refractivity contribution is -0.142. The topological polar surface area (TPSA) is 55.6 Å². The molecular weight excluding hydrogens is 276 g/mol. The molecule has 2 fully saturated rings. The third kappa shape index (κ3) is 2.90. The summed E-state index contributed by atoms with van der Waals surface area (Å²) >= 11 is 0. The molecule has 2 N–H and O–H groups in total. The average molecular weight is 302 g/mol. The Morgan fingerprint density at radius 1 is 1.27 bits per heavy atom. The van der Waals surface area contributed by atoms with Crippen molar-refractivity contribution in [2.75, 3.05) is 26.3 Å². The number of aryl methyl sites for hydroxylation is 1. The van der Waals surface area contributed by atoms with Crippen molar-refractivity contribution in [1.29, 1.82) is 0 Å². The smallest absolute Gasteiger partial charge is 0.233 e. The average Bonchev–Trinajstić information content (AvgIpc) is 2.55. The largest absolute Gasteiger partial charge is 0.381 e. The summed E-state index contributed by atoms with van der Waals surface area (Å²) in [6.07, 6.45) is 3.55. The zero-order valence-corrected chi connectivity index (χ0v) is 13.4. The van der Waals surface area contributed by atoms with Crippen LogP contribution in [0.4, 0.5) is 0 Å². The van der Waals surface area contributed by atoms with E-state index >= 15 is 0 Å². The minimum absolute atomic E-state index is 0.118. The fourth-order valence-electron chi connectivity index (χ4n) is 3.72. The van der Waals surface area contributed by atoms with Gasteiger partial charge in [0.25, 0.3) is 0 Å². The van der Waals surface area contributed by atoms with Crippen molar-refractivity contribution in [1.82, 2.24) is 4.90 Å². The van der Waals surface area contributed by atoms with E-state index in [-0.39, 0.29) is 11.9 Å². The predicted molar refractivity (Wildman–Crippen MR) is 86.7 cm³/mol. The normalized spacial score (nSPS) is 25.0. The zero-order valence-electron chi connectivity index (χ0n) is 13.4. The quantitative estimate of drug-likeness (QED) is 0.909. The summed E-state index contributed by atoms with van der Waals surface area (Å²) in [4.78, 5) is 15.3. The number of nitrogens with zero attached hydrogens (tertiary/aromatic N) is 1. The van der Waals surface area contributed by atoms with Crippen molar-refractivity contribution < 1.29 is 9.53 Å². The van der Waals surface area contributed by atoms with Gasteiger partial charge in [-0.1, -0.05) is 29.8 Å². The fraction of sp³-hybridized carbons (Fsp3) is 0.611. The Balaban J connectivity index is 1.91. The molecule has 1 aromatic rings. The third-order valence-electron chi connectivity index (χ3n) is 5.10. The molecule has 0 radical (unpaired) electrons. The van der Waals surface area contributed by atoms with Crippen LogP contribution in [-0.2, 0) is 14.9 Å². The highest BCUT2D eigenvalue weighted by atomic mass is 16.5. The second kappa shape index (κ2) is 6.39. The lowest BCUT2D eigenvalue weighted by Gasteiger charge is -2.42. The van der Waals surface area contributed by atoms with Gasteiger partial charge in [-0.05, 0) is 38.2 Å². The molecule has 0 unspecified atom stereocenters. The van der Waals surface area contributed by atoms with Crippen LogP contribution in [-0.4, -0.2) is 43.2 Å². The minimum atomic E-state index is -0.428.